The van der Waals surface area contributed by atoms with Crippen molar-refractivity contribution in [3.05, 3.63) is 138 Å². The second kappa shape index (κ2) is 19.0. The van der Waals surface area contributed by atoms with E-state index in [2.05, 4.69) is 0 Å². The number of rotatable bonds is 20. The van der Waals surface area contributed by atoms with Crippen molar-refractivity contribution in [3.8, 4) is 5.75 Å². The van der Waals surface area contributed by atoms with Crippen LogP contribution < -0.4 is 4.74 Å². The van der Waals surface area contributed by atoms with Gasteiger partial charge in [-0.2, -0.15) is 0 Å². The summed E-state index contributed by atoms with van der Waals surface area (Å²) in [5.74, 6) is 0.130. The number of carbonyl (C=O) groups excluding carboxylic acids is 1. The maximum Gasteiger partial charge on any atom is 0.277 e. The number of benzene rings is 4. The number of hydrogen-bond acceptors (Lipinski definition) is 9. The molecule has 0 spiro atoms. The Bertz CT molecular complexity index is 1470. The molecule has 256 valence electrons. The van der Waals surface area contributed by atoms with Crippen LogP contribution in [0.25, 0.3) is 0 Å². The highest BCUT2D eigenvalue weighted by Crippen LogP contribution is 2.28. The van der Waals surface area contributed by atoms with Crippen molar-refractivity contribution >= 4 is 5.91 Å². The number of aliphatic hydroxyl groups excluding tert-OH is 1. The molecule has 4 rings (SSSR count). The van der Waals surface area contributed by atoms with Gasteiger partial charge in [-0.15, -0.1) is 0 Å². The molecular formula is C38H45NO9. The van der Waals surface area contributed by atoms with E-state index in [1.807, 2.05) is 115 Å². The monoisotopic (exact) mass is 659 g/mol. The fraction of sp³-hybridized carbons (Fsp3) is 0.342. The van der Waals surface area contributed by atoms with Crippen molar-refractivity contribution in [1.29, 1.82) is 0 Å². The number of aliphatic hydroxyl groups is 2. The van der Waals surface area contributed by atoms with Gasteiger partial charge in [-0.25, -0.2) is 5.06 Å². The SMILES string of the molecule is COc1ccc(COCC(O)(CO)[C@@H](OCc2ccccc2)[C@H](OCc2ccccc2)[C@@H](OCc2ccccc2)C(=O)N(C)OC)cc1. The minimum atomic E-state index is -2.04. The van der Waals surface area contributed by atoms with Crippen molar-refractivity contribution in [2.45, 2.75) is 50.3 Å². The highest BCUT2D eigenvalue weighted by molar-refractivity contribution is 5.80. The first kappa shape index (κ1) is 36.7. The van der Waals surface area contributed by atoms with E-state index in [-0.39, 0.29) is 33.0 Å². The van der Waals surface area contributed by atoms with Gasteiger partial charge in [-0.1, -0.05) is 103 Å². The molecule has 4 atom stereocenters. The molecule has 0 heterocycles. The third kappa shape index (κ3) is 10.7. The number of amides is 1. The first-order valence-electron chi connectivity index (χ1n) is 15.7. The van der Waals surface area contributed by atoms with E-state index in [0.29, 0.717) is 5.75 Å². The minimum absolute atomic E-state index is 0.0389. The molecule has 0 fully saturated rings. The molecular weight excluding hydrogens is 614 g/mol. The molecule has 10 nitrogen and oxygen atoms in total. The van der Waals surface area contributed by atoms with E-state index in [1.54, 1.807) is 7.11 Å². The van der Waals surface area contributed by atoms with Gasteiger partial charge in [0.15, 0.2) is 6.10 Å². The summed E-state index contributed by atoms with van der Waals surface area (Å²) < 4.78 is 30.5. The summed E-state index contributed by atoms with van der Waals surface area (Å²) in [4.78, 5) is 19.2. The molecule has 48 heavy (non-hydrogen) atoms. The molecule has 1 amide bonds. The Hall–Kier alpha value is -4.13. The fourth-order valence-electron chi connectivity index (χ4n) is 5.04. The topological polar surface area (TPSA) is 116 Å². The first-order valence-corrected chi connectivity index (χ1v) is 15.7. The molecule has 0 saturated carbocycles. The van der Waals surface area contributed by atoms with Crippen LogP contribution in [0.15, 0.2) is 115 Å². The van der Waals surface area contributed by atoms with Crippen molar-refractivity contribution < 1.29 is 43.5 Å². The molecule has 1 unspecified atom stereocenters. The Morgan fingerprint density at radius 1 is 0.688 bits per heavy atom. The molecule has 2 N–H and O–H groups in total. The lowest BCUT2D eigenvalue weighted by molar-refractivity contribution is -0.239. The van der Waals surface area contributed by atoms with Crippen LogP contribution in [0.2, 0.25) is 0 Å². The second-order valence-corrected chi connectivity index (χ2v) is 11.3. The van der Waals surface area contributed by atoms with Crippen LogP contribution in [0.3, 0.4) is 0 Å². The molecule has 0 aliphatic carbocycles. The van der Waals surface area contributed by atoms with Crippen LogP contribution in [0.1, 0.15) is 22.3 Å². The van der Waals surface area contributed by atoms with Crippen LogP contribution in [-0.4, -0.2) is 79.6 Å². The highest BCUT2D eigenvalue weighted by Gasteiger charge is 2.49. The molecule has 10 heteroatoms. The lowest BCUT2D eigenvalue weighted by Gasteiger charge is -2.41. The fourth-order valence-corrected chi connectivity index (χ4v) is 5.04. The van der Waals surface area contributed by atoms with E-state index in [9.17, 15) is 15.0 Å². The number of ether oxygens (including phenoxy) is 5. The zero-order valence-corrected chi connectivity index (χ0v) is 27.6. The van der Waals surface area contributed by atoms with Gasteiger partial charge in [0, 0.05) is 7.05 Å². The van der Waals surface area contributed by atoms with Crippen LogP contribution in [0.5, 0.6) is 5.75 Å². The Kier molecular flexibility index (Phi) is 14.5. The predicted molar refractivity (Wildman–Crippen MR) is 180 cm³/mol. The predicted octanol–water partition coefficient (Wildman–Crippen LogP) is 4.71. The van der Waals surface area contributed by atoms with E-state index < -0.39 is 36.4 Å². The van der Waals surface area contributed by atoms with Gasteiger partial charge < -0.3 is 33.9 Å². The third-order valence-electron chi connectivity index (χ3n) is 7.84. The summed E-state index contributed by atoms with van der Waals surface area (Å²) in [6.45, 7) is -0.833. The Morgan fingerprint density at radius 3 is 1.65 bits per heavy atom. The summed E-state index contributed by atoms with van der Waals surface area (Å²) in [6.07, 6.45) is -3.90. The number of nitrogens with zero attached hydrogens (tertiary/aromatic N) is 1. The maximum absolute atomic E-state index is 13.9. The van der Waals surface area contributed by atoms with Crippen LogP contribution in [-0.2, 0) is 55.0 Å². The molecule has 0 aromatic heterocycles. The molecule has 0 aliphatic rings. The Labute approximate surface area is 282 Å². The third-order valence-corrected chi connectivity index (χ3v) is 7.84. The molecule has 4 aromatic carbocycles. The van der Waals surface area contributed by atoms with Gasteiger partial charge >= 0.3 is 0 Å². The summed E-state index contributed by atoms with van der Waals surface area (Å²) in [6, 6.07) is 35.5. The zero-order valence-electron chi connectivity index (χ0n) is 27.6. The van der Waals surface area contributed by atoms with Gasteiger partial charge in [0.1, 0.15) is 23.6 Å². The number of carbonyl (C=O) groups is 1. The lowest BCUT2D eigenvalue weighted by atomic mass is 9.90. The largest absolute Gasteiger partial charge is 0.497 e. The first-order chi connectivity index (χ1) is 23.4. The molecule has 4 aromatic rings. The second-order valence-electron chi connectivity index (χ2n) is 11.3. The van der Waals surface area contributed by atoms with E-state index in [0.717, 1.165) is 27.3 Å². The van der Waals surface area contributed by atoms with Crippen LogP contribution in [0.4, 0.5) is 0 Å². The van der Waals surface area contributed by atoms with Gasteiger partial charge in [-0.3, -0.25) is 9.63 Å². The quantitative estimate of drug-likeness (QED) is 0.130. The van der Waals surface area contributed by atoms with Crippen LogP contribution >= 0.6 is 0 Å². The average Bonchev–Trinajstić information content (AvgIpc) is 3.14. The van der Waals surface area contributed by atoms with Crippen molar-refractivity contribution in [2.24, 2.45) is 0 Å². The minimum Gasteiger partial charge on any atom is -0.497 e. The number of hydrogen-bond donors (Lipinski definition) is 2. The zero-order chi connectivity index (χ0) is 34.2. The number of methoxy groups -OCH3 is 1. The summed E-state index contributed by atoms with van der Waals surface area (Å²) in [7, 11) is 4.42. The van der Waals surface area contributed by atoms with Crippen molar-refractivity contribution in [2.75, 3.05) is 34.5 Å². The highest BCUT2D eigenvalue weighted by atomic mass is 16.7. The van der Waals surface area contributed by atoms with E-state index in [1.165, 1.54) is 14.2 Å². The van der Waals surface area contributed by atoms with E-state index in [4.69, 9.17) is 28.5 Å². The summed E-state index contributed by atoms with van der Waals surface area (Å²) in [5, 5.41) is 24.0. The van der Waals surface area contributed by atoms with Crippen molar-refractivity contribution in [3.63, 3.8) is 0 Å². The maximum atomic E-state index is 13.9. The molecule has 0 saturated heterocycles. The Balaban J connectivity index is 1.71. The summed E-state index contributed by atoms with van der Waals surface area (Å²) in [5.41, 5.74) is 1.24. The summed E-state index contributed by atoms with van der Waals surface area (Å²) >= 11 is 0. The smallest absolute Gasteiger partial charge is 0.277 e. The van der Waals surface area contributed by atoms with Gasteiger partial charge in [0.05, 0.1) is 53.9 Å². The molecule has 0 bridgehead atoms. The lowest BCUT2D eigenvalue weighted by Crippen LogP contribution is -2.62. The van der Waals surface area contributed by atoms with Gasteiger partial charge in [-0.05, 0) is 34.4 Å². The van der Waals surface area contributed by atoms with Gasteiger partial charge in [0.2, 0.25) is 0 Å². The van der Waals surface area contributed by atoms with Crippen molar-refractivity contribution in [1.82, 2.24) is 5.06 Å². The molecule has 0 aliphatic heterocycles. The number of hydroxylamine groups is 2. The molecule has 0 radical (unpaired) electrons. The normalized spacial score (nSPS) is 14.4. The Morgan fingerprint density at radius 2 is 1.17 bits per heavy atom. The van der Waals surface area contributed by atoms with E-state index >= 15 is 0 Å². The standard InChI is InChI=1S/C38H45NO9/c1-39(44-3)37(41)35(47-25-30-15-9-5-10-16-30)34(46-24-29-13-7-4-8-14-29)36(48-26-31-17-11-6-12-18-31)38(42,27-40)28-45-23-32-19-21-33(43-2)22-20-32/h4-22,34-36,40,42H,23-28H2,1-3H3/t34-,35-,36+,38?/m1/s1. The van der Waals surface area contributed by atoms with Crippen LogP contribution in [0, 0.1) is 0 Å². The average molecular weight is 660 g/mol. The van der Waals surface area contributed by atoms with Gasteiger partial charge in [0.25, 0.3) is 5.91 Å². The number of likely N-dealkylation sites (N-methyl/N-ethyl adjacent to an activating group) is 1.